The maximum absolute atomic E-state index is 11.5. The number of nitrogens with two attached hydrogens (primary N) is 1. The Morgan fingerprint density at radius 3 is 2.48 bits per heavy atom. The average Bonchev–Trinajstić information content (AvgIpc) is 2.64. The highest BCUT2D eigenvalue weighted by Crippen LogP contribution is 2.23. The molecule has 7 heteroatoms. The van der Waals surface area contributed by atoms with Gasteiger partial charge in [0, 0.05) is 24.8 Å². The summed E-state index contributed by atoms with van der Waals surface area (Å²) in [6, 6.07) is 17.1. The molecule has 0 aliphatic carbocycles. The molecule has 4 N–H and O–H groups in total. The molecule has 0 aliphatic heterocycles. The largest absolute Gasteiger partial charge is 0.457 e. The Morgan fingerprint density at radius 2 is 1.76 bits per heavy atom. The predicted octanol–water partition coefficient (Wildman–Crippen LogP) is 4.51. The van der Waals surface area contributed by atoms with Crippen LogP contribution in [0.25, 0.3) is 0 Å². The fourth-order valence-corrected chi connectivity index (χ4v) is 2.39. The Balaban J connectivity index is 1.70. The molecule has 7 nitrogen and oxygen atoms in total. The summed E-state index contributed by atoms with van der Waals surface area (Å²) in [7, 11) is 0. The Morgan fingerprint density at radius 1 is 1.03 bits per heavy atom. The highest BCUT2D eigenvalue weighted by Gasteiger charge is 2.15. The van der Waals surface area contributed by atoms with Gasteiger partial charge in [-0.15, -0.1) is 0 Å². The molecular formula is C22H30N4O3. The lowest BCUT2D eigenvalue weighted by Crippen LogP contribution is -2.33. The number of hydrogen-bond donors (Lipinski definition) is 3. The number of para-hydroxylation sites is 1. The molecule has 0 aliphatic rings. The monoisotopic (exact) mass is 398 g/mol. The number of amides is 1. The number of nitrogens with zero attached hydrogens (tertiary/aromatic N) is 1. The van der Waals surface area contributed by atoms with Crippen molar-refractivity contribution in [3.63, 3.8) is 0 Å². The minimum atomic E-state index is -0.488. The molecule has 2 rings (SSSR count). The molecule has 0 fully saturated rings. The Hall–Kier alpha value is -3.22. The van der Waals surface area contributed by atoms with Crippen LogP contribution in [0.1, 0.15) is 33.6 Å². The lowest BCUT2D eigenvalue weighted by atomic mass is 10.2. The number of nitrogens with one attached hydrogen (secondary N) is 2. The zero-order valence-electron chi connectivity index (χ0n) is 17.3. The number of carbonyl (C=O) groups is 1. The fraction of sp³-hybridized carbons (Fsp3) is 0.364. The van der Waals surface area contributed by atoms with Crippen molar-refractivity contribution < 1.29 is 14.3 Å². The summed E-state index contributed by atoms with van der Waals surface area (Å²) in [5.41, 5.74) is 6.26. The first-order valence-corrected chi connectivity index (χ1v) is 9.68. The average molecular weight is 399 g/mol. The Kier molecular flexibility index (Phi) is 8.33. The van der Waals surface area contributed by atoms with Gasteiger partial charge in [-0.05, 0) is 57.9 Å². The number of ether oxygens (including phenoxy) is 2. The van der Waals surface area contributed by atoms with E-state index in [4.69, 9.17) is 15.2 Å². The van der Waals surface area contributed by atoms with E-state index in [1.807, 2.05) is 75.4 Å². The van der Waals surface area contributed by atoms with Gasteiger partial charge in [-0.1, -0.05) is 24.3 Å². The van der Waals surface area contributed by atoms with Gasteiger partial charge in [0.1, 0.15) is 17.1 Å². The summed E-state index contributed by atoms with van der Waals surface area (Å²) in [5.74, 6) is 1.82. The van der Waals surface area contributed by atoms with Gasteiger partial charge in [0.05, 0.1) is 0 Å². The molecule has 1 amide bonds. The zero-order chi connectivity index (χ0) is 21.1. The van der Waals surface area contributed by atoms with E-state index >= 15 is 0 Å². The number of carbonyl (C=O) groups excluding carboxylic acids is 1. The highest BCUT2D eigenvalue weighted by atomic mass is 16.6. The molecular weight excluding hydrogens is 368 g/mol. The van der Waals surface area contributed by atoms with E-state index in [1.54, 1.807) is 0 Å². The van der Waals surface area contributed by atoms with Crippen LogP contribution in [0.5, 0.6) is 11.5 Å². The second-order valence-corrected chi connectivity index (χ2v) is 7.47. The maximum atomic E-state index is 11.5. The molecule has 2 aromatic carbocycles. The summed E-state index contributed by atoms with van der Waals surface area (Å²) >= 11 is 0. The topological polar surface area (TPSA) is 98.0 Å². The van der Waals surface area contributed by atoms with E-state index < -0.39 is 11.7 Å². The standard InChI is InChI=1S/C22H30N4O3/c1-22(2,3)29-21(27)25-15-8-7-14-24-20(23)26-17-10-9-13-19(16-17)28-18-11-5-4-6-12-18/h4-6,9-13,16H,7-8,14-15H2,1-3H3,(H,25,27)(H3,23,24,26). The van der Waals surface area contributed by atoms with Crippen molar-refractivity contribution in [2.45, 2.75) is 39.2 Å². The van der Waals surface area contributed by atoms with Crippen molar-refractivity contribution in [2.24, 2.45) is 10.7 Å². The maximum Gasteiger partial charge on any atom is 0.407 e. The van der Waals surface area contributed by atoms with E-state index in [1.165, 1.54) is 0 Å². The van der Waals surface area contributed by atoms with Crippen LogP contribution in [-0.4, -0.2) is 30.7 Å². The normalized spacial score (nSPS) is 11.6. The zero-order valence-corrected chi connectivity index (χ0v) is 17.3. The van der Waals surface area contributed by atoms with Crippen LogP contribution in [0.2, 0.25) is 0 Å². The van der Waals surface area contributed by atoms with Crippen molar-refractivity contribution in [2.75, 3.05) is 18.4 Å². The van der Waals surface area contributed by atoms with Gasteiger partial charge >= 0.3 is 6.09 Å². The predicted molar refractivity (Wildman–Crippen MR) is 117 cm³/mol. The molecule has 29 heavy (non-hydrogen) atoms. The summed E-state index contributed by atoms with van der Waals surface area (Å²) in [6.45, 7) is 6.60. The fourth-order valence-electron chi connectivity index (χ4n) is 2.39. The minimum Gasteiger partial charge on any atom is -0.457 e. The van der Waals surface area contributed by atoms with E-state index in [0.717, 1.165) is 24.3 Å². The summed E-state index contributed by atoms with van der Waals surface area (Å²) in [4.78, 5) is 15.9. The van der Waals surface area contributed by atoms with Gasteiger partial charge in [-0.2, -0.15) is 0 Å². The van der Waals surface area contributed by atoms with Gasteiger partial charge in [-0.3, -0.25) is 4.99 Å². The molecule has 2 aromatic rings. The Bertz CT molecular complexity index is 801. The summed E-state index contributed by atoms with van der Waals surface area (Å²) in [5, 5.41) is 5.78. The van der Waals surface area contributed by atoms with Crippen LogP contribution in [0, 0.1) is 0 Å². The van der Waals surface area contributed by atoms with E-state index in [0.29, 0.717) is 24.8 Å². The second-order valence-electron chi connectivity index (χ2n) is 7.47. The van der Waals surface area contributed by atoms with Crippen LogP contribution >= 0.6 is 0 Å². The molecule has 0 saturated heterocycles. The molecule has 0 heterocycles. The molecule has 0 saturated carbocycles. The van der Waals surface area contributed by atoms with Crippen LogP contribution in [0.15, 0.2) is 59.6 Å². The molecule has 0 unspecified atom stereocenters. The minimum absolute atomic E-state index is 0.335. The number of unbranched alkanes of at least 4 members (excludes halogenated alkanes) is 1. The van der Waals surface area contributed by atoms with Gasteiger partial charge < -0.3 is 25.8 Å². The summed E-state index contributed by atoms with van der Waals surface area (Å²) < 4.78 is 11.0. The first-order chi connectivity index (χ1) is 13.8. The third kappa shape index (κ3) is 9.51. The molecule has 0 atom stereocenters. The number of alkyl carbamates (subject to hydrolysis) is 1. The van der Waals surface area contributed by atoms with Crippen LogP contribution in [0.4, 0.5) is 10.5 Å². The van der Waals surface area contributed by atoms with Gasteiger partial charge in [0.2, 0.25) is 0 Å². The third-order valence-corrected chi connectivity index (χ3v) is 3.62. The van der Waals surface area contributed by atoms with Crippen LogP contribution in [0.3, 0.4) is 0 Å². The highest BCUT2D eigenvalue weighted by molar-refractivity contribution is 5.92. The van der Waals surface area contributed by atoms with Crippen molar-refractivity contribution in [3.8, 4) is 11.5 Å². The molecule has 0 aromatic heterocycles. The molecule has 156 valence electrons. The lowest BCUT2D eigenvalue weighted by molar-refractivity contribution is 0.0527. The van der Waals surface area contributed by atoms with E-state index in [9.17, 15) is 4.79 Å². The van der Waals surface area contributed by atoms with Crippen molar-refractivity contribution in [3.05, 3.63) is 54.6 Å². The number of guanidine groups is 1. The van der Waals surface area contributed by atoms with E-state index in [2.05, 4.69) is 15.6 Å². The van der Waals surface area contributed by atoms with Gasteiger partial charge in [0.15, 0.2) is 5.96 Å². The van der Waals surface area contributed by atoms with Crippen LogP contribution in [-0.2, 0) is 4.74 Å². The number of benzene rings is 2. The quantitative estimate of drug-likeness (QED) is 0.345. The van der Waals surface area contributed by atoms with Gasteiger partial charge in [-0.25, -0.2) is 4.79 Å². The number of aliphatic imine (C=N–C) groups is 1. The third-order valence-electron chi connectivity index (χ3n) is 3.62. The first kappa shape index (κ1) is 22.1. The lowest BCUT2D eigenvalue weighted by Gasteiger charge is -2.19. The number of hydrogen-bond acceptors (Lipinski definition) is 4. The SMILES string of the molecule is CC(C)(C)OC(=O)NCCCCN=C(N)Nc1cccc(Oc2ccccc2)c1. The van der Waals surface area contributed by atoms with E-state index in [-0.39, 0.29) is 0 Å². The smallest absolute Gasteiger partial charge is 0.407 e. The second kappa shape index (κ2) is 10.9. The molecule has 0 spiro atoms. The van der Waals surface area contributed by atoms with Crippen molar-refractivity contribution >= 4 is 17.7 Å². The van der Waals surface area contributed by atoms with Gasteiger partial charge in [0.25, 0.3) is 0 Å². The molecule has 0 radical (unpaired) electrons. The number of rotatable bonds is 8. The number of anilines is 1. The molecule has 0 bridgehead atoms. The van der Waals surface area contributed by atoms with Crippen LogP contribution < -0.4 is 21.1 Å². The first-order valence-electron chi connectivity index (χ1n) is 9.68. The Labute approximate surface area is 172 Å². The summed E-state index contributed by atoms with van der Waals surface area (Å²) in [6.07, 6.45) is 1.19. The van der Waals surface area contributed by atoms with Crippen molar-refractivity contribution in [1.29, 1.82) is 0 Å². The van der Waals surface area contributed by atoms with Crippen molar-refractivity contribution in [1.82, 2.24) is 5.32 Å².